The van der Waals surface area contributed by atoms with E-state index in [1.807, 2.05) is 19.2 Å². The van der Waals surface area contributed by atoms with Crippen LogP contribution in [-0.4, -0.2) is 36.3 Å². The molecule has 0 aromatic heterocycles. The topological polar surface area (TPSA) is 49.4 Å². The second-order valence-corrected chi connectivity index (χ2v) is 5.82. The maximum Gasteiger partial charge on any atom is 0.251 e. The number of benzene rings is 1. The van der Waals surface area contributed by atoms with Gasteiger partial charge in [-0.05, 0) is 43.0 Å². The number of rotatable bonds is 7. The molecule has 1 N–H and O–H groups in total. The van der Waals surface area contributed by atoms with E-state index < -0.39 is 0 Å². The SMILES string of the molecule is CCCCN(C)C(=O)/C=C/c1ccc(C(=O)NC2CC2)cc1. The van der Waals surface area contributed by atoms with Crippen LogP contribution in [0, 0.1) is 0 Å². The molecule has 4 heteroatoms. The molecular formula is C18H24N2O2. The third kappa shape index (κ3) is 5.02. The van der Waals surface area contributed by atoms with Gasteiger partial charge in [-0.3, -0.25) is 9.59 Å². The Bertz CT molecular complexity index is 545. The zero-order valence-corrected chi connectivity index (χ0v) is 13.3. The summed E-state index contributed by atoms with van der Waals surface area (Å²) in [4.78, 5) is 25.5. The predicted molar refractivity (Wildman–Crippen MR) is 88.5 cm³/mol. The van der Waals surface area contributed by atoms with Crippen molar-refractivity contribution in [1.82, 2.24) is 10.2 Å². The van der Waals surface area contributed by atoms with E-state index in [-0.39, 0.29) is 11.8 Å². The fraction of sp³-hybridized carbons (Fsp3) is 0.444. The maximum atomic E-state index is 11.9. The molecular weight excluding hydrogens is 276 g/mol. The Morgan fingerprint density at radius 2 is 1.95 bits per heavy atom. The van der Waals surface area contributed by atoms with E-state index in [4.69, 9.17) is 0 Å². The Morgan fingerprint density at radius 1 is 1.27 bits per heavy atom. The van der Waals surface area contributed by atoms with Crippen LogP contribution in [0.4, 0.5) is 0 Å². The number of nitrogens with one attached hydrogen (secondary N) is 1. The molecule has 4 nitrogen and oxygen atoms in total. The molecule has 2 rings (SSSR count). The van der Waals surface area contributed by atoms with Crippen molar-refractivity contribution >= 4 is 17.9 Å². The van der Waals surface area contributed by atoms with Gasteiger partial charge in [0.2, 0.25) is 5.91 Å². The van der Waals surface area contributed by atoms with Crippen molar-refractivity contribution in [3.05, 3.63) is 41.5 Å². The van der Waals surface area contributed by atoms with Crippen LogP contribution in [0.2, 0.25) is 0 Å². The summed E-state index contributed by atoms with van der Waals surface area (Å²) in [6, 6.07) is 7.67. The highest BCUT2D eigenvalue weighted by atomic mass is 16.2. The summed E-state index contributed by atoms with van der Waals surface area (Å²) in [7, 11) is 1.81. The van der Waals surface area contributed by atoms with E-state index in [0.29, 0.717) is 11.6 Å². The van der Waals surface area contributed by atoms with Crippen LogP contribution in [0.1, 0.15) is 48.5 Å². The van der Waals surface area contributed by atoms with E-state index in [1.165, 1.54) is 0 Å². The molecule has 0 aliphatic heterocycles. The van der Waals surface area contributed by atoms with Crippen molar-refractivity contribution in [2.24, 2.45) is 0 Å². The molecule has 22 heavy (non-hydrogen) atoms. The normalized spacial score (nSPS) is 14.1. The highest BCUT2D eigenvalue weighted by Crippen LogP contribution is 2.19. The quantitative estimate of drug-likeness (QED) is 0.787. The molecule has 118 valence electrons. The molecule has 1 aliphatic carbocycles. The molecule has 0 bridgehead atoms. The van der Waals surface area contributed by atoms with Crippen molar-refractivity contribution in [1.29, 1.82) is 0 Å². The zero-order chi connectivity index (χ0) is 15.9. The van der Waals surface area contributed by atoms with E-state index in [9.17, 15) is 9.59 Å². The van der Waals surface area contributed by atoms with Gasteiger partial charge in [0, 0.05) is 31.3 Å². The Hall–Kier alpha value is -2.10. The number of carbonyl (C=O) groups excluding carboxylic acids is 2. The fourth-order valence-electron chi connectivity index (χ4n) is 2.04. The number of amides is 2. The minimum Gasteiger partial charge on any atom is -0.349 e. The standard InChI is InChI=1S/C18H24N2O2/c1-3-4-13-20(2)17(21)12-7-14-5-8-15(9-6-14)18(22)19-16-10-11-16/h5-9,12,16H,3-4,10-11,13H2,1-2H3,(H,19,22)/b12-7+. The largest absolute Gasteiger partial charge is 0.349 e. The van der Waals surface area contributed by atoms with Crippen LogP contribution < -0.4 is 5.32 Å². The fourth-order valence-corrected chi connectivity index (χ4v) is 2.04. The highest BCUT2D eigenvalue weighted by Gasteiger charge is 2.23. The monoisotopic (exact) mass is 300 g/mol. The molecule has 0 spiro atoms. The predicted octanol–water partition coefficient (Wildman–Crippen LogP) is 2.85. The van der Waals surface area contributed by atoms with Crippen LogP contribution in [-0.2, 0) is 4.79 Å². The zero-order valence-electron chi connectivity index (χ0n) is 13.3. The van der Waals surface area contributed by atoms with Crippen molar-refractivity contribution < 1.29 is 9.59 Å². The summed E-state index contributed by atoms with van der Waals surface area (Å²) in [5.41, 5.74) is 1.58. The lowest BCUT2D eigenvalue weighted by molar-refractivity contribution is -0.124. The average Bonchev–Trinajstić information content (AvgIpc) is 3.34. The first-order valence-corrected chi connectivity index (χ1v) is 7.94. The van der Waals surface area contributed by atoms with E-state index >= 15 is 0 Å². The Kier molecular flexibility index (Phi) is 5.75. The van der Waals surface area contributed by atoms with Gasteiger partial charge in [0.15, 0.2) is 0 Å². The third-order valence-electron chi connectivity index (χ3n) is 3.73. The number of likely N-dealkylation sites (N-methyl/N-ethyl adjacent to an activating group) is 1. The number of carbonyl (C=O) groups is 2. The summed E-state index contributed by atoms with van der Waals surface area (Å²) < 4.78 is 0. The molecule has 1 fully saturated rings. The first-order valence-electron chi connectivity index (χ1n) is 7.94. The summed E-state index contributed by atoms with van der Waals surface area (Å²) in [5.74, 6) is -0.0163. The van der Waals surface area contributed by atoms with Gasteiger partial charge in [0.1, 0.15) is 0 Å². The molecule has 1 saturated carbocycles. The van der Waals surface area contributed by atoms with Gasteiger partial charge < -0.3 is 10.2 Å². The molecule has 0 saturated heterocycles. The number of unbranched alkanes of at least 4 members (excludes halogenated alkanes) is 1. The maximum absolute atomic E-state index is 11.9. The summed E-state index contributed by atoms with van der Waals surface area (Å²) in [6.07, 6.45) is 7.62. The molecule has 0 unspecified atom stereocenters. The minimum atomic E-state index is -0.0200. The van der Waals surface area contributed by atoms with Crippen LogP contribution in [0.5, 0.6) is 0 Å². The number of nitrogens with zero attached hydrogens (tertiary/aromatic N) is 1. The second kappa shape index (κ2) is 7.78. The van der Waals surface area contributed by atoms with Crippen molar-refractivity contribution in [2.75, 3.05) is 13.6 Å². The summed E-state index contributed by atoms with van der Waals surface area (Å²) in [6.45, 7) is 2.88. The average molecular weight is 300 g/mol. The highest BCUT2D eigenvalue weighted by molar-refractivity contribution is 5.95. The Balaban J connectivity index is 1.88. The number of hydrogen-bond acceptors (Lipinski definition) is 2. The lowest BCUT2D eigenvalue weighted by Gasteiger charge is -2.13. The van der Waals surface area contributed by atoms with Crippen molar-refractivity contribution in [3.63, 3.8) is 0 Å². The van der Waals surface area contributed by atoms with Crippen LogP contribution >= 0.6 is 0 Å². The van der Waals surface area contributed by atoms with Gasteiger partial charge in [-0.2, -0.15) is 0 Å². The first-order chi connectivity index (χ1) is 10.6. The van der Waals surface area contributed by atoms with Crippen LogP contribution in [0.25, 0.3) is 6.08 Å². The first kappa shape index (κ1) is 16.3. The summed E-state index contributed by atoms with van der Waals surface area (Å²) >= 11 is 0. The van der Waals surface area contributed by atoms with Crippen molar-refractivity contribution in [3.8, 4) is 0 Å². The second-order valence-electron chi connectivity index (χ2n) is 5.82. The smallest absolute Gasteiger partial charge is 0.251 e. The Morgan fingerprint density at radius 3 is 2.55 bits per heavy atom. The molecule has 1 aromatic carbocycles. The van der Waals surface area contributed by atoms with Crippen molar-refractivity contribution in [2.45, 2.75) is 38.6 Å². The van der Waals surface area contributed by atoms with E-state index in [1.54, 1.807) is 29.2 Å². The summed E-state index contributed by atoms with van der Waals surface area (Å²) in [5, 5.41) is 2.96. The molecule has 0 radical (unpaired) electrons. The third-order valence-corrected chi connectivity index (χ3v) is 3.73. The minimum absolute atomic E-state index is 0.00371. The van der Waals surface area contributed by atoms with Gasteiger partial charge in [-0.25, -0.2) is 0 Å². The van der Waals surface area contributed by atoms with Gasteiger partial charge in [-0.1, -0.05) is 25.5 Å². The Labute approximate surface area is 132 Å². The molecule has 0 atom stereocenters. The molecule has 2 amide bonds. The van der Waals surface area contributed by atoms with Crippen LogP contribution in [0.3, 0.4) is 0 Å². The van der Waals surface area contributed by atoms with Crippen LogP contribution in [0.15, 0.2) is 30.3 Å². The molecule has 1 aromatic rings. The lowest BCUT2D eigenvalue weighted by atomic mass is 10.1. The van der Waals surface area contributed by atoms with E-state index in [0.717, 1.165) is 37.8 Å². The molecule has 1 aliphatic rings. The lowest BCUT2D eigenvalue weighted by Crippen LogP contribution is -2.25. The van der Waals surface area contributed by atoms with Gasteiger partial charge in [-0.15, -0.1) is 0 Å². The van der Waals surface area contributed by atoms with E-state index in [2.05, 4.69) is 12.2 Å². The van der Waals surface area contributed by atoms with Gasteiger partial charge in [0.25, 0.3) is 5.91 Å². The number of hydrogen-bond donors (Lipinski definition) is 1. The molecule has 0 heterocycles. The van der Waals surface area contributed by atoms with Gasteiger partial charge >= 0.3 is 0 Å². The van der Waals surface area contributed by atoms with Gasteiger partial charge in [0.05, 0.1) is 0 Å².